The van der Waals surface area contributed by atoms with Gasteiger partial charge in [-0.05, 0) is 64.5 Å². The second kappa shape index (κ2) is 12.4. The Morgan fingerprint density at radius 2 is 1.83 bits per heavy atom. The molecule has 2 amide bonds. The molecule has 1 fully saturated rings. The molecule has 0 bridgehead atoms. The van der Waals surface area contributed by atoms with E-state index in [9.17, 15) is 9.59 Å². The van der Waals surface area contributed by atoms with Crippen molar-refractivity contribution in [3.8, 4) is 5.75 Å². The molecule has 0 heterocycles. The number of ether oxygens (including phenoxy) is 1. The number of rotatable bonds is 9. The van der Waals surface area contributed by atoms with Crippen molar-refractivity contribution in [2.75, 3.05) is 6.61 Å². The Bertz CT molecular complexity index is 1210. The van der Waals surface area contributed by atoms with Gasteiger partial charge >= 0.3 is 0 Å². The molecule has 0 aliphatic heterocycles. The minimum atomic E-state index is -0.552. The van der Waals surface area contributed by atoms with Crippen LogP contribution in [0.2, 0.25) is 0 Å². The predicted molar refractivity (Wildman–Crippen MR) is 148 cm³/mol. The zero-order valence-electron chi connectivity index (χ0n) is 21.1. The number of hydrogen-bond acceptors (Lipinski definition) is 3. The van der Waals surface area contributed by atoms with E-state index in [2.05, 4.69) is 27.3 Å². The van der Waals surface area contributed by atoms with Gasteiger partial charge in [0.1, 0.15) is 11.8 Å². The van der Waals surface area contributed by atoms with E-state index in [4.69, 9.17) is 4.74 Å². The molecule has 6 heteroatoms. The lowest BCUT2D eigenvalue weighted by Crippen LogP contribution is -2.52. The fourth-order valence-electron chi connectivity index (χ4n) is 5.02. The third-order valence-corrected chi connectivity index (χ3v) is 7.77. The molecule has 0 radical (unpaired) electrons. The second-order valence-electron chi connectivity index (χ2n) is 9.67. The first-order valence-corrected chi connectivity index (χ1v) is 13.7. The summed E-state index contributed by atoms with van der Waals surface area (Å²) in [5, 5.41) is 5.34. The van der Waals surface area contributed by atoms with Crippen LogP contribution in [0.15, 0.2) is 65.1 Å². The number of fused-ring (bicyclic) bond motifs is 1. The first kappa shape index (κ1) is 26.2. The van der Waals surface area contributed by atoms with E-state index >= 15 is 0 Å². The Kier molecular flexibility index (Phi) is 9.03. The third-order valence-electron chi connectivity index (χ3n) is 6.95. The van der Waals surface area contributed by atoms with Gasteiger partial charge in [0.15, 0.2) is 6.61 Å². The molecule has 1 aliphatic rings. The van der Waals surface area contributed by atoms with Crippen molar-refractivity contribution in [1.82, 2.24) is 10.2 Å². The van der Waals surface area contributed by atoms with Gasteiger partial charge in [0, 0.05) is 12.6 Å². The van der Waals surface area contributed by atoms with Crippen LogP contribution in [0.4, 0.5) is 0 Å². The van der Waals surface area contributed by atoms with E-state index in [1.165, 1.54) is 6.42 Å². The summed E-state index contributed by atoms with van der Waals surface area (Å²) in [5.74, 6) is 0.330. The monoisotopic (exact) mass is 550 g/mol. The van der Waals surface area contributed by atoms with Gasteiger partial charge in [-0.2, -0.15) is 0 Å². The number of amides is 2. The van der Waals surface area contributed by atoms with Crippen LogP contribution in [0, 0.1) is 6.92 Å². The van der Waals surface area contributed by atoms with Crippen molar-refractivity contribution in [2.45, 2.75) is 71.0 Å². The Balaban J connectivity index is 1.53. The van der Waals surface area contributed by atoms with E-state index in [1.54, 1.807) is 4.90 Å². The second-order valence-corrected chi connectivity index (χ2v) is 10.5. The molecule has 1 saturated carbocycles. The molecule has 36 heavy (non-hydrogen) atoms. The minimum absolute atomic E-state index is 0.0720. The van der Waals surface area contributed by atoms with E-state index in [1.807, 2.05) is 68.4 Å². The molecule has 1 aliphatic carbocycles. The molecule has 190 valence electrons. The Morgan fingerprint density at radius 3 is 2.58 bits per heavy atom. The van der Waals surface area contributed by atoms with Crippen LogP contribution in [0.3, 0.4) is 0 Å². The number of hydrogen-bond donors (Lipinski definition) is 1. The van der Waals surface area contributed by atoms with Crippen LogP contribution < -0.4 is 10.1 Å². The van der Waals surface area contributed by atoms with Crippen LogP contribution in [0.25, 0.3) is 10.8 Å². The van der Waals surface area contributed by atoms with Gasteiger partial charge in [-0.1, -0.05) is 86.3 Å². The lowest BCUT2D eigenvalue weighted by molar-refractivity contribution is -0.143. The number of carbonyl (C=O) groups is 2. The van der Waals surface area contributed by atoms with Crippen LogP contribution in [-0.2, 0) is 16.1 Å². The standard InChI is InChI=1S/C30H35BrN2O3/c1-3-26(30(35)32-24-13-5-4-6-14-24)33(19-22-11-9-10-21(2)18-22)28(34)20-36-27-17-16-23-12-7-8-15-25(23)29(27)31/h7-12,15-18,24,26H,3-6,13-14,19-20H2,1-2H3,(H,32,35). The Hall–Kier alpha value is -2.86. The summed E-state index contributed by atoms with van der Waals surface area (Å²) in [6.45, 7) is 4.21. The molecule has 1 atom stereocenters. The fraction of sp³-hybridized carbons (Fsp3) is 0.400. The van der Waals surface area contributed by atoms with E-state index < -0.39 is 6.04 Å². The summed E-state index contributed by atoms with van der Waals surface area (Å²) < 4.78 is 6.82. The van der Waals surface area contributed by atoms with Gasteiger partial charge in [-0.3, -0.25) is 9.59 Å². The van der Waals surface area contributed by atoms with Crippen LogP contribution in [0.1, 0.15) is 56.6 Å². The molecular formula is C30H35BrN2O3. The van der Waals surface area contributed by atoms with Crippen LogP contribution in [0.5, 0.6) is 5.75 Å². The molecule has 0 aromatic heterocycles. The average Bonchev–Trinajstić information content (AvgIpc) is 2.89. The average molecular weight is 552 g/mol. The highest BCUT2D eigenvalue weighted by Gasteiger charge is 2.30. The van der Waals surface area contributed by atoms with Crippen molar-refractivity contribution in [1.29, 1.82) is 0 Å². The fourth-order valence-corrected chi connectivity index (χ4v) is 5.63. The molecule has 3 aromatic rings. The summed E-state index contributed by atoms with van der Waals surface area (Å²) in [7, 11) is 0. The van der Waals surface area contributed by atoms with Crippen molar-refractivity contribution in [2.24, 2.45) is 0 Å². The summed E-state index contributed by atoms with van der Waals surface area (Å²) in [6.07, 6.45) is 6.06. The van der Waals surface area contributed by atoms with Crippen LogP contribution >= 0.6 is 15.9 Å². The summed E-state index contributed by atoms with van der Waals surface area (Å²) in [5.41, 5.74) is 2.12. The normalized spacial score (nSPS) is 14.9. The van der Waals surface area contributed by atoms with Crippen LogP contribution in [-0.4, -0.2) is 35.4 Å². The number of halogens is 1. The minimum Gasteiger partial charge on any atom is -0.483 e. The van der Waals surface area contributed by atoms with Gasteiger partial charge in [-0.15, -0.1) is 0 Å². The maximum atomic E-state index is 13.6. The van der Waals surface area contributed by atoms with Crippen molar-refractivity contribution in [3.63, 3.8) is 0 Å². The van der Waals surface area contributed by atoms with E-state index in [0.717, 1.165) is 52.1 Å². The first-order valence-electron chi connectivity index (χ1n) is 12.9. The highest BCUT2D eigenvalue weighted by molar-refractivity contribution is 9.10. The lowest BCUT2D eigenvalue weighted by Gasteiger charge is -2.32. The van der Waals surface area contributed by atoms with Crippen molar-refractivity contribution in [3.05, 3.63) is 76.3 Å². The molecule has 5 nitrogen and oxygen atoms in total. The largest absolute Gasteiger partial charge is 0.483 e. The molecule has 1 unspecified atom stereocenters. The van der Waals surface area contributed by atoms with Gasteiger partial charge in [-0.25, -0.2) is 0 Å². The Labute approximate surface area is 222 Å². The third kappa shape index (κ3) is 6.47. The van der Waals surface area contributed by atoms with Gasteiger partial charge in [0.25, 0.3) is 5.91 Å². The SMILES string of the molecule is CCC(C(=O)NC1CCCCC1)N(Cc1cccc(C)c1)C(=O)COc1ccc2ccccc2c1Br. The lowest BCUT2D eigenvalue weighted by atomic mass is 9.95. The zero-order valence-corrected chi connectivity index (χ0v) is 22.7. The predicted octanol–water partition coefficient (Wildman–Crippen LogP) is 6.55. The maximum absolute atomic E-state index is 13.6. The smallest absolute Gasteiger partial charge is 0.261 e. The Morgan fingerprint density at radius 1 is 1.06 bits per heavy atom. The first-order chi connectivity index (χ1) is 17.5. The number of benzene rings is 3. The number of carbonyl (C=O) groups excluding carboxylic acids is 2. The molecule has 0 spiro atoms. The van der Waals surface area contributed by atoms with E-state index in [-0.39, 0.29) is 24.5 Å². The van der Waals surface area contributed by atoms with Gasteiger partial charge < -0.3 is 15.0 Å². The van der Waals surface area contributed by atoms with Crippen molar-refractivity contribution < 1.29 is 14.3 Å². The number of nitrogens with one attached hydrogen (secondary N) is 1. The van der Waals surface area contributed by atoms with Gasteiger partial charge in [0.05, 0.1) is 4.47 Å². The summed E-state index contributed by atoms with van der Waals surface area (Å²) in [4.78, 5) is 28.6. The van der Waals surface area contributed by atoms with Gasteiger partial charge in [0.2, 0.25) is 5.91 Å². The molecule has 4 rings (SSSR count). The van der Waals surface area contributed by atoms with Crippen molar-refractivity contribution >= 4 is 38.5 Å². The summed E-state index contributed by atoms with van der Waals surface area (Å²) in [6, 6.07) is 19.6. The molecule has 1 N–H and O–H groups in total. The highest BCUT2D eigenvalue weighted by atomic mass is 79.9. The van der Waals surface area contributed by atoms with E-state index in [0.29, 0.717) is 18.7 Å². The molecule has 3 aromatic carbocycles. The number of nitrogens with zero attached hydrogens (tertiary/aromatic N) is 1. The molecule has 0 saturated heterocycles. The zero-order chi connectivity index (χ0) is 25.5. The maximum Gasteiger partial charge on any atom is 0.261 e. The topological polar surface area (TPSA) is 58.6 Å². The highest BCUT2D eigenvalue weighted by Crippen LogP contribution is 2.33. The quantitative estimate of drug-likeness (QED) is 0.328. The number of aryl methyl sites for hydroxylation is 1. The summed E-state index contributed by atoms with van der Waals surface area (Å²) >= 11 is 3.64. The molecular weight excluding hydrogens is 516 g/mol.